The van der Waals surface area contributed by atoms with E-state index in [4.69, 9.17) is 10.9 Å². The lowest BCUT2D eigenvalue weighted by Gasteiger charge is -2.28. The number of nitrogens with two attached hydrogens (primary N) is 1. The van der Waals surface area contributed by atoms with Gasteiger partial charge in [0.05, 0.1) is 11.3 Å². The lowest BCUT2D eigenvalue weighted by atomic mass is 10.1. The molecule has 1 aromatic carbocycles. The molecule has 0 aromatic heterocycles. The van der Waals surface area contributed by atoms with Crippen LogP contribution in [0.2, 0.25) is 0 Å². The molecule has 0 saturated carbocycles. The standard InChI is InChI=1S/C12H15BrF3N3O/c1-7(5-11(17)18-20)19(2)10-4-3-8(6-9(10)13)12(14,15)16/h3-4,6-7,20H,5H2,1-2H3,(H2,17,18). The van der Waals surface area contributed by atoms with Crippen molar-refractivity contribution in [1.82, 2.24) is 0 Å². The molecule has 112 valence electrons. The number of rotatable bonds is 4. The van der Waals surface area contributed by atoms with E-state index in [-0.39, 0.29) is 11.9 Å². The summed E-state index contributed by atoms with van der Waals surface area (Å²) in [6, 6.07) is 3.30. The zero-order chi connectivity index (χ0) is 15.5. The Morgan fingerprint density at radius 3 is 2.55 bits per heavy atom. The molecule has 1 unspecified atom stereocenters. The van der Waals surface area contributed by atoms with E-state index in [1.165, 1.54) is 6.07 Å². The molecule has 3 N–H and O–H groups in total. The Morgan fingerprint density at radius 2 is 2.10 bits per heavy atom. The molecule has 0 bridgehead atoms. The van der Waals surface area contributed by atoms with Gasteiger partial charge in [0.1, 0.15) is 5.84 Å². The highest BCUT2D eigenvalue weighted by molar-refractivity contribution is 9.10. The lowest BCUT2D eigenvalue weighted by Crippen LogP contribution is -2.33. The molecule has 1 atom stereocenters. The third-order valence-electron chi connectivity index (χ3n) is 2.95. The second-order valence-corrected chi connectivity index (χ2v) is 5.27. The molecule has 0 aliphatic carbocycles. The molecular weight excluding hydrogens is 339 g/mol. The van der Waals surface area contributed by atoms with Crippen molar-refractivity contribution < 1.29 is 18.4 Å². The van der Waals surface area contributed by atoms with Gasteiger partial charge in [-0.1, -0.05) is 5.16 Å². The molecule has 0 aliphatic heterocycles. The van der Waals surface area contributed by atoms with Crippen LogP contribution in [0.15, 0.2) is 27.8 Å². The van der Waals surface area contributed by atoms with Crippen molar-refractivity contribution in [2.24, 2.45) is 10.9 Å². The van der Waals surface area contributed by atoms with Gasteiger partial charge in [0.15, 0.2) is 0 Å². The first-order chi connectivity index (χ1) is 9.16. The van der Waals surface area contributed by atoms with E-state index >= 15 is 0 Å². The van der Waals surface area contributed by atoms with E-state index in [0.29, 0.717) is 16.6 Å². The van der Waals surface area contributed by atoms with Crippen molar-refractivity contribution in [2.45, 2.75) is 25.6 Å². The fourth-order valence-electron chi connectivity index (χ4n) is 1.69. The molecule has 0 fully saturated rings. The van der Waals surface area contributed by atoms with Crippen molar-refractivity contribution in [3.63, 3.8) is 0 Å². The fourth-order valence-corrected chi connectivity index (χ4v) is 2.35. The maximum absolute atomic E-state index is 12.6. The molecule has 0 saturated heterocycles. The van der Waals surface area contributed by atoms with Crippen LogP contribution in [0, 0.1) is 0 Å². The highest BCUT2D eigenvalue weighted by Crippen LogP contribution is 2.35. The van der Waals surface area contributed by atoms with E-state index in [1.807, 2.05) is 6.92 Å². The SMILES string of the molecule is CC(C/C(N)=N/O)N(C)c1ccc(C(F)(F)F)cc1Br. The number of oxime groups is 1. The summed E-state index contributed by atoms with van der Waals surface area (Å²) in [5, 5.41) is 11.4. The number of hydrogen-bond acceptors (Lipinski definition) is 3. The van der Waals surface area contributed by atoms with Gasteiger partial charge in [-0.25, -0.2) is 0 Å². The largest absolute Gasteiger partial charge is 0.416 e. The predicted molar refractivity (Wildman–Crippen MR) is 75.0 cm³/mol. The molecule has 1 aromatic rings. The first kappa shape index (κ1) is 16.6. The van der Waals surface area contributed by atoms with Gasteiger partial charge in [0.2, 0.25) is 0 Å². The summed E-state index contributed by atoms with van der Waals surface area (Å²) in [4.78, 5) is 1.75. The zero-order valence-corrected chi connectivity index (χ0v) is 12.5. The molecule has 0 aliphatic rings. The first-order valence-corrected chi connectivity index (χ1v) is 6.52. The third kappa shape index (κ3) is 4.03. The average molecular weight is 354 g/mol. The number of nitrogens with zero attached hydrogens (tertiary/aromatic N) is 2. The maximum Gasteiger partial charge on any atom is 0.416 e. The summed E-state index contributed by atoms with van der Waals surface area (Å²) in [5.41, 5.74) is 5.30. The zero-order valence-electron chi connectivity index (χ0n) is 10.9. The fraction of sp³-hybridized carbons (Fsp3) is 0.417. The quantitative estimate of drug-likeness (QED) is 0.377. The number of halogens is 4. The van der Waals surface area contributed by atoms with E-state index in [9.17, 15) is 13.2 Å². The van der Waals surface area contributed by atoms with Crippen molar-refractivity contribution in [3.05, 3.63) is 28.2 Å². The van der Waals surface area contributed by atoms with Crippen LogP contribution in [0.5, 0.6) is 0 Å². The lowest BCUT2D eigenvalue weighted by molar-refractivity contribution is -0.137. The Balaban J connectivity index is 2.97. The molecule has 1 rings (SSSR count). The van der Waals surface area contributed by atoms with Crippen LogP contribution in [-0.2, 0) is 6.18 Å². The summed E-state index contributed by atoms with van der Waals surface area (Å²) in [7, 11) is 1.72. The Hall–Kier alpha value is -1.44. The van der Waals surface area contributed by atoms with Crippen LogP contribution in [0.3, 0.4) is 0 Å². The second kappa shape index (κ2) is 6.34. The van der Waals surface area contributed by atoms with Gasteiger partial charge in [0, 0.05) is 24.0 Å². The van der Waals surface area contributed by atoms with Crippen molar-refractivity contribution in [1.29, 1.82) is 0 Å². The Morgan fingerprint density at radius 1 is 1.50 bits per heavy atom. The molecule has 0 amide bonds. The van der Waals surface area contributed by atoms with Gasteiger partial charge in [-0.15, -0.1) is 0 Å². The Bertz CT molecular complexity index is 505. The van der Waals surface area contributed by atoms with E-state index in [1.54, 1.807) is 11.9 Å². The number of alkyl halides is 3. The van der Waals surface area contributed by atoms with Gasteiger partial charge >= 0.3 is 6.18 Å². The van der Waals surface area contributed by atoms with Crippen LogP contribution >= 0.6 is 15.9 Å². The smallest absolute Gasteiger partial charge is 0.409 e. The van der Waals surface area contributed by atoms with Crippen LogP contribution in [0.4, 0.5) is 18.9 Å². The summed E-state index contributed by atoms with van der Waals surface area (Å²) in [6.45, 7) is 1.82. The van der Waals surface area contributed by atoms with Gasteiger partial charge in [-0.2, -0.15) is 13.2 Å². The molecule has 0 spiro atoms. The van der Waals surface area contributed by atoms with Crippen LogP contribution in [-0.4, -0.2) is 24.1 Å². The molecule has 20 heavy (non-hydrogen) atoms. The van der Waals surface area contributed by atoms with E-state index in [0.717, 1.165) is 12.1 Å². The van der Waals surface area contributed by atoms with E-state index < -0.39 is 11.7 Å². The summed E-state index contributed by atoms with van der Waals surface area (Å²) >= 11 is 3.14. The van der Waals surface area contributed by atoms with Crippen molar-refractivity contribution in [2.75, 3.05) is 11.9 Å². The maximum atomic E-state index is 12.6. The summed E-state index contributed by atoms with van der Waals surface area (Å²) in [5.74, 6) is 0.0624. The third-order valence-corrected chi connectivity index (χ3v) is 3.58. The molecule has 4 nitrogen and oxygen atoms in total. The molecule has 8 heteroatoms. The minimum Gasteiger partial charge on any atom is -0.409 e. The van der Waals surface area contributed by atoms with Crippen LogP contribution in [0.1, 0.15) is 18.9 Å². The number of hydrogen-bond donors (Lipinski definition) is 2. The van der Waals surface area contributed by atoms with Crippen LogP contribution in [0.25, 0.3) is 0 Å². The summed E-state index contributed by atoms with van der Waals surface area (Å²) < 4.78 is 38.1. The minimum atomic E-state index is -4.38. The normalized spacial score (nSPS) is 14.2. The summed E-state index contributed by atoms with van der Waals surface area (Å²) in [6.07, 6.45) is -4.08. The molecule has 0 radical (unpaired) electrons. The van der Waals surface area contributed by atoms with Crippen molar-refractivity contribution >= 4 is 27.5 Å². The highest BCUT2D eigenvalue weighted by atomic mass is 79.9. The van der Waals surface area contributed by atoms with Gasteiger partial charge < -0.3 is 15.8 Å². The minimum absolute atomic E-state index is 0.0624. The Kier molecular flexibility index (Phi) is 5.27. The number of amidine groups is 1. The van der Waals surface area contributed by atoms with Gasteiger partial charge in [-0.05, 0) is 41.1 Å². The second-order valence-electron chi connectivity index (χ2n) is 4.42. The first-order valence-electron chi connectivity index (χ1n) is 5.72. The molecule has 0 heterocycles. The predicted octanol–water partition coefficient (Wildman–Crippen LogP) is 3.43. The van der Waals surface area contributed by atoms with E-state index in [2.05, 4.69) is 21.1 Å². The van der Waals surface area contributed by atoms with Crippen molar-refractivity contribution in [3.8, 4) is 0 Å². The number of benzene rings is 1. The number of anilines is 1. The Labute approximate surface area is 123 Å². The monoisotopic (exact) mass is 353 g/mol. The molecular formula is C12H15BrF3N3O. The van der Waals surface area contributed by atoms with Gasteiger partial charge in [-0.3, -0.25) is 0 Å². The highest BCUT2D eigenvalue weighted by Gasteiger charge is 2.31. The van der Waals surface area contributed by atoms with Gasteiger partial charge in [0.25, 0.3) is 0 Å². The topological polar surface area (TPSA) is 61.9 Å². The van der Waals surface area contributed by atoms with Crippen LogP contribution < -0.4 is 10.6 Å². The average Bonchev–Trinajstić information content (AvgIpc) is 2.36.